The number of rotatable bonds is 12. The molecule has 2 aromatic heterocycles. The quantitative estimate of drug-likeness (QED) is 0.201. The number of carbonyl (C=O) groups excluding carboxylic acids is 1. The number of carbonyl (C=O) groups is 1. The van der Waals surface area contributed by atoms with Gasteiger partial charge in [0.2, 0.25) is 0 Å². The lowest BCUT2D eigenvalue weighted by Crippen LogP contribution is -2.34. The maximum absolute atomic E-state index is 13.8. The van der Waals surface area contributed by atoms with Gasteiger partial charge in [0.05, 0.1) is 11.0 Å². The van der Waals surface area contributed by atoms with E-state index < -0.39 is 0 Å². The summed E-state index contributed by atoms with van der Waals surface area (Å²) < 4.78 is 2.35. The summed E-state index contributed by atoms with van der Waals surface area (Å²) in [6.07, 6.45) is 9.07. The number of benzene rings is 2. The maximum atomic E-state index is 13.8. The average molecular weight is 542 g/mol. The number of piperidine rings is 1. The van der Waals surface area contributed by atoms with Crippen LogP contribution in [0.5, 0.6) is 0 Å². The third kappa shape index (κ3) is 6.77. The first-order valence-corrected chi connectivity index (χ1v) is 15.5. The predicted molar refractivity (Wildman–Crippen MR) is 167 cm³/mol. The summed E-state index contributed by atoms with van der Waals surface area (Å²) in [5, 5.41) is 1.20. The largest absolute Gasteiger partial charge is 0.361 e. The number of amides is 1. The minimum absolute atomic E-state index is 0.138. The van der Waals surface area contributed by atoms with Crippen molar-refractivity contribution in [1.82, 2.24) is 24.3 Å². The molecule has 0 aliphatic carbocycles. The summed E-state index contributed by atoms with van der Waals surface area (Å²) >= 11 is 0. The molecule has 6 nitrogen and oxygen atoms in total. The first-order chi connectivity index (χ1) is 19.4. The number of aryl methyl sites for hydroxylation is 1. The number of hydrogen-bond acceptors (Lipinski definition) is 3. The van der Waals surface area contributed by atoms with E-state index in [9.17, 15) is 4.79 Å². The Morgan fingerprint density at radius 3 is 2.40 bits per heavy atom. The molecular weight excluding hydrogens is 494 g/mol. The Morgan fingerprint density at radius 2 is 1.68 bits per heavy atom. The van der Waals surface area contributed by atoms with Crippen LogP contribution in [0.15, 0.2) is 48.7 Å². The van der Waals surface area contributed by atoms with Crippen molar-refractivity contribution in [2.75, 3.05) is 32.7 Å². The zero-order valence-corrected chi connectivity index (χ0v) is 25.0. The number of nitrogens with one attached hydrogen (secondary N) is 1. The molecule has 3 heterocycles. The molecule has 1 aliphatic rings. The lowest BCUT2D eigenvalue weighted by atomic mass is 10.1. The third-order valence-corrected chi connectivity index (χ3v) is 8.35. The van der Waals surface area contributed by atoms with Gasteiger partial charge in [-0.15, -0.1) is 0 Å². The van der Waals surface area contributed by atoms with Crippen LogP contribution < -0.4 is 0 Å². The molecule has 0 atom stereocenters. The SMILES string of the molecule is CC(C)CCN(CCC(C)C)C(=O)c1ccc2nc(-c3ccc4cc[nH]c4c3)n(CCCN3CCCCC3)c2c1. The van der Waals surface area contributed by atoms with E-state index in [1.165, 1.54) is 37.7 Å². The molecule has 40 heavy (non-hydrogen) atoms. The van der Waals surface area contributed by atoms with Gasteiger partial charge in [-0.25, -0.2) is 4.98 Å². The third-order valence-electron chi connectivity index (χ3n) is 8.35. The molecule has 214 valence electrons. The highest BCUT2D eigenvalue weighted by Crippen LogP contribution is 2.29. The predicted octanol–water partition coefficient (Wildman–Crippen LogP) is 7.60. The molecule has 0 bridgehead atoms. The summed E-state index contributed by atoms with van der Waals surface area (Å²) in [6.45, 7) is 14.9. The molecule has 1 N–H and O–H groups in total. The molecular formula is C34H47N5O. The van der Waals surface area contributed by atoms with E-state index in [0.717, 1.165) is 78.9 Å². The number of hydrogen-bond donors (Lipinski definition) is 1. The molecule has 1 aliphatic heterocycles. The summed E-state index contributed by atoms with van der Waals surface area (Å²) in [5.74, 6) is 2.25. The summed E-state index contributed by atoms with van der Waals surface area (Å²) in [4.78, 5) is 27.0. The number of H-pyrrole nitrogens is 1. The van der Waals surface area contributed by atoms with E-state index in [1.807, 2.05) is 18.3 Å². The van der Waals surface area contributed by atoms with Gasteiger partial charge in [0.15, 0.2) is 0 Å². The fraction of sp³-hybridized carbons (Fsp3) is 0.529. The van der Waals surface area contributed by atoms with Crippen LogP contribution in [-0.4, -0.2) is 63.0 Å². The van der Waals surface area contributed by atoms with Crippen molar-refractivity contribution in [1.29, 1.82) is 0 Å². The van der Waals surface area contributed by atoms with E-state index in [4.69, 9.17) is 4.98 Å². The van der Waals surface area contributed by atoms with Crippen molar-refractivity contribution in [3.05, 3.63) is 54.2 Å². The van der Waals surface area contributed by atoms with Crippen molar-refractivity contribution in [2.24, 2.45) is 11.8 Å². The molecule has 0 unspecified atom stereocenters. The Kier molecular flexibility index (Phi) is 9.25. The molecule has 0 radical (unpaired) electrons. The van der Waals surface area contributed by atoms with E-state index >= 15 is 0 Å². The van der Waals surface area contributed by atoms with E-state index in [1.54, 1.807) is 0 Å². The van der Waals surface area contributed by atoms with Crippen LogP contribution in [0.1, 0.15) is 76.6 Å². The van der Waals surface area contributed by atoms with E-state index in [-0.39, 0.29) is 5.91 Å². The van der Waals surface area contributed by atoms with Gasteiger partial charge in [0.1, 0.15) is 5.82 Å². The topological polar surface area (TPSA) is 57.2 Å². The zero-order valence-electron chi connectivity index (χ0n) is 25.0. The number of aromatic amines is 1. The molecule has 1 amide bonds. The Hall–Kier alpha value is -3.12. The summed E-state index contributed by atoms with van der Waals surface area (Å²) in [7, 11) is 0. The second-order valence-corrected chi connectivity index (χ2v) is 12.5. The van der Waals surface area contributed by atoms with E-state index in [2.05, 4.69) is 77.4 Å². The first-order valence-electron chi connectivity index (χ1n) is 15.5. The van der Waals surface area contributed by atoms with Gasteiger partial charge in [-0.05, 0) is 99.3 Å². The number of nitrogens with zero attached hydrogens (tertiary/aromatic N) is 4. The van der Waals surface area contributed by atoms with Gasteiger partial charge in [0.25, 0.3) is 5.91 Å². The maximum Gasteiger partial charge on any atom is 0.253 e. The first kappa shape index (κ1) is 28.4. The molecule has 0 saturated carbocycles. The van der Waals surface area contributed by atoms with E-state index in [0.29, 0.717) is 11.8 Å². The smallest absolute Gasteiger partial charge is 0.253 e. The van der Waals surface area contributed by atoms with Crippen LogP contribution in [-0.2, 0) is 6.54 Å². The lowest BCUT2D eigenvalue weighted by molar-refractivity contribution is 0.0741. The number of likely N-dealkylation sites (tertiary alicyclic amines) is 1. The number of fused-ring (bicyclic) bond motifs is 2. The van der Waals surface area contributed by atoms with Crippen LogP contribution in [0, 0.1) is 11.8 Å². The Bertz CT molecular complexity index is 1400. The van der Waals surface area contributed by atoms with Gasteiger partial charge in [-0.1, -0.05) is 46.2 Å². The standard InChI is InChI=1S/C34H47N5O/c1-25(2)14-21-38(22-15-26(3)4)34(40)29-11-12-30-32(24-29)39(20-8-19-37-17-6-5-7-18-37)33(36-30)28-10-9-27-13-16-35-31(27)23-28/h9-13,16,23-26,35H,5-8,14-15,17-22H2,1-4H3. The van der Waals surface area contributed by atoms with Gasteiger partial charge in [-0.3, -0.25) is 4.79 Å². The van der Waals surface area contributed by atoms with Crippen molar-refractivity contribution in [3.8, 4) is 11.4 Å². The molecule has 4 aromatic rings. The second kappa shape index (κ2) is 13.0. The summed E-state index contributed by atoms with van der Waals surface area (Å²) in [6, 6.07) is 14.8. The molecule has 1 saturated heterocycles. The molecule has 5 rings (SSSR count). The Balaban J connectivity index is 1.47. The van der Waals surface area contributed by atoms with Crippen LogP contribution in [0.3, 0.4) is 0 Å². The number of imidazole rings is 1. The average Bonchev–Trinajstić information content (AvgIpc) is 3.57. The Labute approximate surface area is 239 Å². The van der Waals surface area contributed by atoms with Gasteiger partial charge >= 0.3 is 0 Å². The minimum Gasteiger partial charge on any atom is -0.361 e. The van der Waals surface area contributed by atoms with Crippen LogP contribution in [0.4, 0.5) is 0 Å². The molecule has 2 aromatic carbocycles. The fourth-order valence-corrected chi connectivity index (χ4v) is 5.85. The van der Waals surface area contributed by atoms with Gasteiger partial charge < -0.3 is 19.4 Å². The zero-order chi connectivity index (χ0) is 28.1. The minimum atomic E-state index is 0.138. The molecule has 1 fully saturated rings. The molecule has 0 spiro atoms. The van der Waals surface area contributed by atoms with Crippen molar-refractivity contribution in [3.63, 3.8) is 0 Å². The normalized spacial score (nSPS) is 14.7. The highest BCUT2D eigenvalue weighted by Gasteiger charge is 2.20. The highest BCUT2D eigenvalue weighted by atomic mass is 16.2. The highest BCUT2D eigenvalue weighted by molar-refractivity contribution is 5.98. The van der Waals surface area contributed by atoms with Gasteiger partial charge in [0, 0.05) is 42.5 Å². The Morgan fingerprint density at radius 1 is 0.925 bits per heavy atom. The number of aromatic nitrogens is 3. The monoisotopic (exact) mass is 541 g/mol. The van der Waals surface area contributed by atoms with Crippen molar-refractivity contribution < 1.29 is 4.79 Å². The van der Waals surface area contributed by atoms with Crippen molar-refractivity contribution >= 4 is 27.8 Å². The van der Waals surface area contributed by atoms with Crippen LogP contribution in [0.25, 0.3) is 33.3 Å². The fourth-order valence-electron chi connectivity index (χ4n) is 5.85. The van der Waals surface area contributed by atoms with Gasteiger partial charge in [-0.2, -0.15) is 0 Å². The summed E-state index contributed by atoms with van der Waals surface area (Å²) in [5.41, 5.74) is 4.99. The van der Waals surface area contributed by atoms with Crippen LogP contribution >= 0.6 is 0 Å². The van der Waals surface area contributed by atoms with Crippen LogP contribution in [0.2, 0.25) is 0 Å². The lowest BCUT2D eigenvalue weighted by Gasteiger charge is -2.26. The second-order valence-electron chi connectivity index (χ2n) is 12.5. The molecule has 6 heteroatoms. The van der Waals surface area contributed by atoms with Crippen molar-refractivity contribution in [2.45, 2.75) is 72.8 Å².